The highest BCUT2D eigenvalue weighted by Gasteiger charge is 2.34. The molecule has 7 heteroatoms. The molecule has 0 aliphatic carbocycles. The summed E-state index contributed by atoms with van der Waals surface area (Å²) in [6.45, 7) is 3.89. The number of likely N-dealkylation sites (N-methyl/N-ethyl adjacent to an activating group) is 1. The summed E-state index contributed by atoms with van der Waals surface area (Å²) in [7, 11) is 0. The zero-order valence-electron chi connectivity index (χ0n) is 11.2. The Labute approximate surface area is 114 Å². The molecule has 112 valence electrons. The second-order valence-corrected chi connectivity index (χ2v) is 3.83. The second kappa shape index (κ2) is 7.14. The number of hydrogen-bond acceptors (Lipinski definition) is 4. The van der Waals surface area contributed by atoms with E-state index in [0.717, 1.165) is 6.07 Å². The number of nitrogens with one attached hydrogen (secondary N) is 1. The van der Waals surface area contributed by atoms with Gasteiger partial charge in [-0.25, -0.2) is 4.79 Å². The molecule has 1 rings (SSSR count). The predicted octanol–water partition coefficient (Wildman–Crippen LogP) is 2.80. The van der Waals surface area contributed by atoms with E-state index in [1.807, 2.05) is 0 Å². The van der Waals surface area contributed by atoms with Gasteiger partial charge >= 0.3 is 12.3 Å². The number of hydrogen-bond donors (Lipinski definition) is 1. The number of rotatable bonds is 6. The van der Waals surface area contributed by atoms with Crippen molar-refractivity contribution in [2.24, 2.45) is 0 Å². The van der Waals surface area contributed by atoms with Crippen molar-refractivity contribution in [1.29, 1.82) is 0 Å². The van der Waals surface area contributed by atoms with Gasteiger partial charge in [0.05, 0.1) is 6.61 Å². The molecule has 20 heavy (non-hydrogen) atoms. The average Bonchev–Trinajstić information content (AvgIpc) is 2.35. The van der Waals surface area contributed by atoms with E-state index in [1.165, 1.54) is 18.2 Å². The monoisotopic (exact) mass is 291 g/mol. The topological polar surface area (TPSA) is 47.6 Å². The van der Waals surface area contributed by atoms with E-state index in [0.29, 0.717) is 6.54 Å². The van der Waals surface area contributed by atoms with Gasteiger partial charge in [-0.05, 0) is 19.5 Å². The van der Waals surface area contributed by atoms with Crippen LogP contribution in [-0.4, -0.2) is 25.5 Å². The van der Waals surface area contributed by atoms with Gasteiger partial charge in [-0.15, -0.1) is 13.2 Å². The summed E-state index contributed by atoms with van der Waals surface area (Å²) in [4.78, 5) is 11.8. The molecule has 0 saturated heterocycles. The normalized spacial score (nSPS) is 12.8. The second-order valence-electron chi connectivity index (χ2n) is 3.83. The smallest absolute Gasteiger partial charge is 0.465 e. The number of benzene rings is 1. The molecule has 1 atom stereocenters. The fourth-order valence-electron chi connectivity index (χ4n) is 1.69. The average molecular weight is 291 g/mol. The molecule has 1 N–H and O–H groups in total. The van der Waals surface area contributed by atoms with E-state index < -0.39 is 24.1 Å². The largest absolute Gasteiger partial charge is 0.573 e. The Morgan fingerprint density at radius 3 is 2.50 bits per heavy atom. The molecule has 0 heterocycles. The van der Waals surface area contributed by atoms with Crippen molar-refractivity contribution in [1.82, 2.24) is 5.32 Å². The summed E-state index contributed by atoms with van der Waals surface area (Å²) >= 11 is 0. The Morgan fingerprint density at radius 1 is 1.30 bits per heavy atom. The number of para-hydroxylation sites is 1. The van der Waals surface area contributed by atoms with Crippen molar-refractivity contribution in [3.63, 3.8) is 0 Å². The van der Waals surface area contributed by atoms with Crippen LogP contribution in [0.5, 0.6) is 5.75 Å². The third-order valence-corrected chi connectivity index (χ3v) is 2.39. The van der Waals surface area contributed by atoms with Gasteiger partial charge in [0.1, 0.15) is 11.8 Å². The number of esters is 1. The van der Waals surface area contributed by atoms with Gasteiger partial charge in [-0.2, -0.15) is 0 Å². The van der Waals surface area contributed by atoms with Gasteiger partial charge in [0.25, 0.3) is 0 Å². The van der Waals surface area contributed by atoms with Crippen molar-refractivity contribution in [3.05, 3.63) is 29.8 Å². The highest BCUT2D eigenvalue weighted by molar-refractivity contribution is 5.78. The summed E-state index contributed by atoms with van der Waals surface area (Å²) in [5.41, 5.74) is 0.0881. The minimum Gasteiger partial charge on any atom is -0.465 e. The molecule has 0 aromatic heterocycles. The number of ether oxygens (including phenoxy) is 2. The van der Waals surface area contributed by atoms with Gasteiger partial charge in [0.15, 0.2) is 0 Å². The zero-order valence-corrected chi connectivity index (χ0v) is 11.2. The summed E-state index contributed by atoms with van der Waals surface area (Å²) in [5.74, 6) is -1.06. The summed E-state index contributed by atoms with van der Waals surface area (Å²) in [5, 5.41) is 2.79. The van der Waals surface area contributed by atoms with E-state index in [4.69, 9.17) is 4.74 Å². The van der Waals surface area contributed by atoms with E-state index in [-0.39, 0.29) is 12.2 Å². The molecule has 1 aromatic rings. The Bertz CT molecular complexity index is 449. The van der Waals surface area contributed by atoms with E-state index in [2.05, 4.69) is 10.1 Å². The van der Waals surface area contributed by atoms with Crippen LogP contribution in [0.25, 0.3) is 0 Å². The number of carbonyl (C=O) groups excluding carboxylic acids is 1. The summed E-state index contributed by atoms with van der Waals surface area (Å²) in [6.07, 6.45) is -4.82. The fraction of sp³-hybridized carbons (Fsp3) is 0.462. The van der Waals surface area contributed by atoms with Crippen LogP contribution in [0.3, 0.4) is 0 Å². The van der Waals surface area contributed by atoms with Crippen LogP contribution >= 0.6 is 0 Å². The maximum absolute atomic E-state index is 12.4. The SMILES string of the molecule is CCNC(C(=O)OCC)c1ccccc1OC(F)(F)F. The van der Waals surface area contributed by atoms with Gasteiger partial charge in [0.2, 0.25) is 0 Å². The van der Waals surface area contributed by atoms with Crippen LogP contribution in [0.15, 0.2) is 24.3 Å². The highest BCUT2D eigenvalue weighted by atomic mass is 19.4. The van der Waals surface area contributed by atoms with Crippen molar-refractivity contribution in [2.75, 3.05) is 13.2 Å². The lowest BCUT2D eigenvalue weighted by Crippen LogP contribution is -2.31. The summed E-state index contributed by atoms with van der Waals surface area (Å²) in [6, 6.07) is 4.48. The summed E-state index contributed by atoms with van der Waals surface area (Å²) < 4.78 is 45.9. The number of carbonyl (C=O) groups is 1. The Morgan fingerprint density at radius 2 is 1.95 bits per heavy atom. The third-order valence-electron chi connectivity index (χ3n) is 2.39. The molecule has 1 unspecified atom stereocenters. The van der Waals surface area contributed by atoms with Crippen LogP contribution in [0.1, 0.15) is 25.5 Å². The van der Waals surface area contributed by atoms with E-state index in [1.54, 1.807) is 13.8 Å². The van der Waals surface area contributed by atoms with Crippen molar-refractivity contribution >= 4 is 5.97 Å². The molecule has 0 saturated carbocycles. The molecule has 0 bridgehead atoms. The first-order chi connectivity index (χ1) is 9.39. The molecular formula is C13H16F3NO3. The zero-order chi connectivity index (χ0) is 15.2. The maximum atomic E-state index is 12.4. The highest BCUT2D eigenvalue weighted by Crippen LogP contribution is 2.30. The quantitative estimate of drug-likeness (QED) is 0.819. The molecule has 0 radical (unpaired) electrons. The minimum absolute atomic E-state index is 0.0881. The Hall–Kier alpha value is -1.76. The van der Waals surface area contributed by atoms with Gasteiger partial charge in [0, 0.05) is 5.56 Å². The van der Waals surface area contributed by atoms with Crippen LogP contribution < -0.4 is 10.1 Å². The standard InChI is InChI=1S/C13H16F3NO3/c1-3-17-11(12(18)19-4-2)9-7-5-6-8-10(9)20-13(14,15)16/h5-8,11,17H,3-4H2,1-2H3. The van der Waals surface area contributed by atoms with E-state index >= 15 is 0 Å². The molecule has 0 aliphatic rings. The first-order valence-electron chi connectivity index (χ1n) is 6.13. The first kappa shape index (κ1) is 16.3. The Balaban J connectivity index is 3.09. The van der Waals surface area contributed by atoms with Crippen molar-refractivity contribution in [3.8, 4) is 5.75 Å². The fourth-order valence-corrected chi connectivity index (χ4v) is 1.69. The predicted molar refractivity (Wildman–Crippen MR) is 66.2 cm³/mol. The van der Waals surface area contributed by atoms with Crippen molar-refractivity contribution < 1.29 is 27.4 Å². The number of halogens is 3. The van der Waals surface area contributed by atoms with Crippen LogP contribution in [0, 0.1) is 0 Å². The Kier molecular flexibility index (Phi) is 5.82. The molecule has 1 aromatic carbocycles. The van der Waals surface area contributed by atoms with Crippen molar-refractivity contribution in [2.45, 2.75) is 26.3 Å². The third kappa shape index (κ3) is 4.73. The van der Waals surface area contributed by atoms with Gasteiger partial charge in [-0.1, -0.05) is 25.1 Å². The molecule has 0 aliphatic heterocycles. The van der Waals surface area contributed by atoms with Gasteiger partial charge < -0.3 is 14.8 Å². The minimum atomic E-state index is -4.82. The maximum Gasteiger partial charge on any atom is 0.573 e. The first-order valence-corrected chi connectivity index (χ1v) is 6.13. The van der Waals surface area contributed by atoms with E-state index in [9.17, 15) is 18.0 Å². The molecule has 0 amide bonds. The van der Waals surface area contributed by atoms with Crippen LogP contribution in [0.4, 0.5) is 13.2 Å². The lowest BCUT2D eigenvalue weighted by Gasteiger charge is -2.20. The molecule has 0 spiro atoms. The lowest BCUT2D eigenvalue weighted by molar-refractivity contribution is -0.275. The lowest BCUT2D eigenvalue weighted by atomic mass is 10.1. The molecular weight excluding hydrogens is 275 g/mol. The number of alkyl halides is 3. The van der Waals surface area contributed by atoms with Crippen LogP contribution in [0.2, 0.25) is 0 Å². The molecule has 4 nitrogen and oxygen atoms in total. The van der Waals surface area contributed by atoms with Crippen LogP contribution in [-0.2, 0) is 9.53 Å². The molecule has 0 fully saturated rings. The van der Waals surface area contributed by atoms with Gasteiger partial charge in [-0.3, -0.25) is 0 Å².